The van der Waals surface area contributed by atoms with Gasteiger partial charge in [0.1, 0.15) is 12.4 Å². The highest BCUT2D eigenvalue weighted by Crippen LogP contribution is 2.19. The van der Waals surface area contributed by atoms with Gasteiger partial charge in [0.15, 0.2) is 0 Å². The Morgan fingerprint density at radius 2 is 2.25 bits per heavy atom. The molecule has 0 spiro atoms. The van der Waals surface area contributed by atoms with E-state index in [4.69, 9.17) is 9.84 Å². The van der Waals surface area contributed by atoms with Crippen molar-refractivity contribution in [1.82, 2.24) is 4.90 Å². The first-order valence-corrected chi connectivity index (χ1v) is 7.28. The van der Waals surface area contributed by atoms with Gasteiger partial charge in [-0.2, -0.15) is 0 Å². The van der Waals surface area contributed by atoms with E-state index in [1.54, 1.807) is 19.1 Å². The first-order valence-electron chi connectivity index (χ1n) is 7.28. The smallest absolute Gasteiger partial charge is 0.336 e. The Kier molecular flexibility index (Phi) is 5.01. The molecule has 1 aliphatic rings. The molecule has 0 aromatic heterocycles. The Balaban J connectivity index is 1.87. The summed E-state index contributed by atoms with van der Waals surface area (Å²) < 4.78 is 5.70. The van der Waals surface area contributed by atoms with Crippen molar-refractivity contribution in [2.24, 2.45) is 0 Å². The maximum atomic E-state index is 11.1. The molecular weight excluding hydrogens is 254 g/mol. The number of benzene rings is 1. The molecule has 1 heterocycles. The van der Waals surface area contributed by atoms with Gasteiger partial charge in [-0.15, -0.1) is 0 Å². The molecule has 1 aliphatic heterocycles. The fourth-order valence-electron chi connectivity index (χ4n) is 2.69. The van der Waals surface area contributed by atoms with Crippen LogP contribution in [0.25, 0.3) is 0 Å². The number of ether oxygens (including phenoxy) is 1. The Labute approximate surface area is 120 Å². The average Bonchev–Trinajstić information content (AvgIpc) is 2.42. The van der Waals surface area contributed by atoms with E-state index in [-0.39, 0.29) is 0 Å². The largest absolute Gasteiger partial charge is 0.492 e. The van der Waals surface area contributed by atoms with Crippen LogP contribution in [0.15, 0.2) is 18.2 Å². The molecule has 110 valence electrons. The highest BCUT2D eigenvalue weighted by atomic mass is 16.5. The quantitative estimate of drug-likeness (QED) is 0.899. The minimum atomic E-state index is -0.905. The highest BCUT2D eigenvalue weighted by molar-refractivity contribution is 5.89. The van der Waals surface area contributed by atoms with E-state index < -0.39 is 5.97 Å². The third-order valence-electron chi connectivity index (χ3n) is 4.03. The van der Waals surface area contributed by atoms with Gasteiger partial charge in [-0.1, -0.05) is 12.5 Å². The number of carboxylic acids is 1. The van der Waals surface area contributed by atoms with Gasteiger partial charge in [0, 0.05) is 12.6 Å². The summed E-state index contributed by atoms with van der Waals surface area (Å²) in [5.74, 6) is -0.268. The summed E-state index contributed by atoms with van der Waals surface area (Å²) >= 11 is 0. The van der Waals surface area contributed by atoms with E-state index in [1.165, 1.54) is 19.3 Å². The lowest BCUT2D eigenvalue weighted by Gasteiger charge is -2.33. The number of hydrogen-bond acceptors (Lipinski definition) is 3. The molecule has 1 atom stereocenters. The zero-order chi connectivity index (χ0) is 14.5. The molecule has 1 N–H and O–H groups in total. The van der Waals surface area contributed by atoms with Crippen LogP contribution in [0.1, 0.15) is 42.1 Å². The molecule has 4 heteroatoms. The van der Waals surface area contributed by atoms with E-state index in [1.807, 2.05) is 6.07 Å². The predicted molar refractivity (Wildman–Crippen MR) is 78.5 cm³/mol. The number of piperidine rings is 1. The molecule has 4 nitrogen and oxygen atoms in total. The zero-order valence-electron chi connectivity index (χ0n) is 12.3. The van der Waals surface area contributed by atoms with Crippen LogP contribution in [0.3, 0.4) is 0 Å². The average molecular weight is 277 g/mol. The minimum absolute atomic E-state index is 0.314. The summed E-state index contributed by atoms with van der Waals surface area (Å²) in [7, 11) is 0. The van der Waals surface area contributed by atoms with Crippen molar-refractivity contribution in [3.8, 4) is 5.75 Å². The number of hydrogen-bond donors (Lipinski definition) is 1. The molecule has 1 unspecified atom stereocenters. The number of aryl methyl sites for hydroxylation is 1. The molecule has 1 saturated heterocycles. The van der Waals surface area contributed by atoms with Crippen LogP contribution in [0.5, 0.6) is 5.75 Å². The topological polar surface area (TPSA) is 49.8 Å². The second kappa shape index (κ2) is 6.75. The van der Waals surface area contributed by atoms with Crippen molar-refractivity contribution in [2.45, 2.75) is 39.2 Å². The van der Waals surface area contributed by atoms with Crippen molar-refractivity contribution in [3.05, 3.63) is 29.3 Å². The highest BCUT2D eigenvalue weighted by Gasteiger charge is 2.17. The lowest BCUT2D eigenvalue weighted by Crippen LogP contribution is -2.39. The molecule has 0 saturated carbocycles. The normalized spacial score (nSPS) is 19.8. The first-order chi connectivity index (χ1) is 9.58. The van der Waals surface area contributed by atoms with E-state index >= 15 is 0 Å². The third-order valence-corrected chi connectivity index (χ3v) is 4.03. The second-order valence-corrected chi connectivity index (χ2v) is 5.51. The summed E-state index contributed by atoms with van der Waals surface area (Å²) in [6.07, 6.45) is 3.84. The fraction of sp³-hybridized carbons (Fsp3) is 0.562. The summed E-state index contributed by atoms with van der Waals surface area (Å²) in [5, 5.41) is 9.09. The number of nitrogens with zero attached hydrogens (tertiary/aromatic N) is 1. The van der Waals surface area contributed by atoms with Gasteiger partial charge >= 0.3 is 5.97 Å². The number of carbonyl (C=O) groups is 1. The SMILES string of the molecule is Cc1ccc(OCCN2CCCCC2C)cc1C(=O)O. The molecule has 1 aromatic rings. The molecule has 20 heavy (non-hydrogen) atoms. The van der Waals surface area contributed by atoms with Gasteiger partial charge in [-0.3, -0.25) is 4.90 Å². The van der Waals surface area contributed by atoms with Gasteiger partial charge in [0.25, 0.3) is 0 Å². The van der Waals surface area contributed by atoms with Crippen LogP contribution in [0, 0.1) is 6.92 Å². The monoisotopic (exact) mass is 277 g/mol. The molecule has 0 amide bonds. The van der Waals surface area contributed by atoms with Gasteiger partial charge in [-0.25, -0.2) is 4.79 Å². The molecule has 0 aliphatic carbocycles. The Bertz CT molecular complexity index is 473. The summed E-state index contributed by atoms with van der Waals surface area (Å²) in [5.41, 5.74) is 1.07. The summed E-state index contributed by atoms with van der Waals surface area (Å²) in [4.78, 5) is 13.5. The molecule has 0 radical (unpaired) electrons. The van der Waals surface area contributed by atoms with Gasteiger partial charge in [-0.05, 0) is 50.9 Å². The number of rotatable bonds is 5. The fourth-order valence-corrected chi connectivity index (χ4v) is 2.69. The Morgan fingerprint density at radius 1 is 1.45 bits per heavy atom. The molecule has 0 bridgehead atoms. The third kappa shape index (κ3) is 3.73. The zero-order valence-corrected chi connectivity index (χ0v) is 12.3. The molecular formula is C16H23NO3. The van der Waals surface area contributed by atoms with Crippen LogP contribution < -0.4 is 4.74 Å². The number of likely N-dealkylation sites (tertiary alicyclic amines) is 1. The van der Waals surface area contributed by atoms with Gasteiger partial charge in [0.05, 0.1) is 5.56 Å². The predicted octanol–water partition coefficient (Wildman–Crippen LogP) is 2.95. The number of carboxylic acid groups (broad SMARTS) is 1. The van der Waals surface area contributed by atoms with Gasteiger partial charge in [0.2, 0.25) is 0 Å². The number of aromatic carboxylic acids is 1. The van der Waals surface area contributed by atoms with Crippen LogP contribution in [0.4, 0.5) is 0 Å². The van der Waals surface area contributed by atoms with Crippen molar-refractivity contribution in [1.29, 1.82) is 0 Å². The maximum Gasteiger partial charge on any atom is 0.336 e. The van der Waals surface area contributed by atoms with Crippen molar-refractivity contribution >= 4 is 5.97 Å². The van der Waals surface area contributed by atoms with Crippen LogP contribution in [0.2, 0.25) is 0 Å². The van der Waals surface area contributed by atoms with E-state index in [2.05, 4.69) is 11.8 Å². The van der Waals surface area contributed by atoms with E-state index in [0.29, 0.717) is 24.0 Å². The minimum Gasteiger partial charge on any atom is -0.492 e. The van der Waals surface area contributed by atoms with Crippen molar-refractivity contribution in [2.75, 3.05) is 19.7 Å². The Hall–Kier alpha value is -1.55. The lowest BCUT2D eigenvalue weighted by atomic mass is 10.0. The molecule has 1 aromatic carbocycles. The second-order valence-electron chi connectivity index (χ2n) is 5.51. The molecule has 2 rings (SSSR count). The summed E-state index contributed by atoms with van der Waals surface area (Å²) in [6.45, 7) is 6.69. The van der Waals surface area contributed by atoms with E-state index in [0.717, 1.165) is 18.7 Å². The van der Waals surface area contributed by atoms with Crippen molar-refractivity contribution < 1.29 is 14.6 Å². The van der Waals surface area contributed by atoms with Gasteiger partial charge < -0.3 is 9.84 Å². The summed E-state index contributed by atoms with van der Waals surface area (Å²) in [6, 6.07) is 5.86. The van der Waals surface area contributed by atoms with Crippen LogP contribution >= 0.6 is 0 Å². The van der Waals surface area contributed by atoms with Crippen LogP contribution in [-0.2, 0) is 0 Å². The standard InChI is InChI=1S/C16H23NO3/c1-12-6-7-14(11-15(12)16(18)19)20-10-9-17-8-4-3-5-13(17)2/h6-7,11,13H,3-5,8-10H2,1-2H3,(H,18,19). The molecule has 1 fully saturated rings. The lowest BCUT2D eigenvalue weighted by molar-refractivity contribution is 0.0695. The first kappa shape index (κ1) is 14.9. The van der Waals surface area contributed by atoms with Crippen LogP contribution in [-0.4, -0.2) is 41.7 Å². The van der Waals surface area contributed by atoms with Crippen molar-refractivity contribution in [3.63, 3.8) is 0 Å². The maximum absolute atomic E-state index is 11.1. The Morgan fingerprint density at radius 3 is 2.95 bits per heavy atom. The van der Waals surface area contributed by atoms with E-state index in [9.17, 15) is 4.79 Å².